The van der Waals surface area contributed by atoms with E-state index in [9.17, 15) is 0 Å². The van der Waals surface area contributed by atoms with Crippen molar-refractivity contribution in [3.05, 3.63) is 31.7 Å². The molecule has 0 aliphatic rings. The van der Waals surface area contributed by atoms with E-state index in [0.717, 1.165) is 34.6 Å². The van der Waals surface area contributed by atoms with Crippen molar-refractivity contribution in [1.82, 2.24) is 20.6 Å². The lowest BCUT2D eigenvalue weighted by molar-refractivity contribution is 0.793. The number of nitrogens with one attached hydrogen (secondary N) is 2. The Bertz CT molecular complexity index is 615. The monoisotopic (exact) mass is 323 g/mol. The van der Waals surface area contributed by atoms with Gasteiger partial charge in [0.2, 0.25) is 0 Å². The Balaban J connectivity index is 1.76. The summed E-state index contributed by atoms with van der Waals surface area (Å²) < 4.78 is 0. The molecule has 0 saturated heterocycles. The Kier molecular flexibility index (Phi) is 5.69. The van der Waals surface area contributed by atoms with Gasteiger partial charge in [0, 0.05) is 36.0 Å². The lowest BCUT2D eigenvalue weighted by Crippen LogP contribution is -2.37. The molecule has 0 amide bonds. The minimum atomic E-state index is 0.705. The van der Waals surface area contributed by atoms with Crippen LogP contribution in [0.4, 0.5) is 0 Å². The first-order valence-corrected chi connectivity index (χ1v) is 8.50. The molecule has 0 aliphatic heterocycles. The smallest absolute Gasteiger partial charge is 0.191 e. The van der Waals surface area contributed by atoms with Crippen molar-refractivity contribution in [2.75, 3.05) is 13.6 Å². The second-order valence-corrected chi connectivity index (χ2v) is 7.32. The molecule has 0 unspecified atom stereocenters. The Hall–Kier alpha value is -1.47. The van der Waals surface area contributed by atoms with Gasteiger partial charge in [0.25, 0.3) is 0 Å². The van der Waals surface area contributed by atoms with Gasteiger partial charge in [0.1, 0.15) is 5.01 Å². The summed E-state index contributed by atoms with van der Waals surface area (Å²) in [5.74, 6) is 0.807. The minimum absolute atomic E-state index is 0.705. The third-order valence-corrected chi connectivity index (χ3v) is 4.99. The number of hydrogen-bond donors (Lipinski definition) is 2. The van der Waals surface area contributed by atoms with Gasteiger partial charge in [-0.1, -0.05) is 0 Å². The van der Waals surface area contributed by atoms with Crippen LogP contribution in [0.25, 0.3) is 0 Å². The number of guanidine groups is 1. The summed E-state index contributed by atoms with van der Waals surface area (Å²) in [7, 11) is 1.78. The van der Waals surface area contributed by atoms with E-state index < -0.39 is 0 Å². The molecule has 0 aromatic carbocycles. The van der Waals surface area contributed by atoms with Crippen molar-refractivity contribution < 1.29 is 0 Å². The standard InChI is InChI=1S/C14H21N5S2/c1-9-7-17-13(20-9)8-18-14(15-4)16-6-5-12-10(2)19-11(3)21-12/h7H,5-6,8H2,1-4H3,(H2,15,16,18). The number of aliphatic imine (C=N–C) groups is 1. The summed E-state index contributed by atoms with van der Waals surface area (Å²) in [6.45, 7) is 7.73. The predicted molar refractivity (Wildman–Crippen MR) is 90.3 cm³/mol. The summed E-state index contributed by atoms with van der Waals surface area (Å²) in [6.07, 6.45) is 2.86. The summed E-state index contributed by atoms with van der Waals surface area (Å²) in [6, 6.07) is 0. The van der Waals surface area contributed by atoms with E-state index in [2.05, 4.69) is 39.4 Å². The molecule has 2 N–H and O–H groups in total. The van der Waals surface area contributed by atoms with Crippen molar-refractivity contribution in [3.8, 4) is 0 Å². The van der Waals surface area contributed by atoms with Crippen LogP contribution >= 0.6 is 22.7 Å². The highest BCUT2D eigenvalue weighted by Crippen LogP contribution is 2.17. The maximum atomic E-state index is 4.45. The molecule has 2 rings (SSSR count). The maximum Gasteiger partial charge on any atom is 0.191 e. The highest BCUT2D eigenvalue weighted by Gasteiger charge is 2.05. The summed E-state index contributed by atoms with van der Waals surface area (Å²) in [5.41, 5.74) is 1.14. The van der Waals surface area contributed by atoms with Gasteiger partial charge in [-0.15, -0.1) is 22.7 Å². The minimum Gasteiger partial charge on any atom is -0.356 e. The second kappa shape index (κ2) is 7.51. The molecule has 21 heavy (non-hydrogen) atoms. The van der Waals surface area contributed by atoms with Gasteiger partial charge in [0.05, 0.1) is 17.2 Å². The zero-order valence-corrected chi connectivity index (χ0v) is 14.5. The van der Waals surface area contributed by atoms with Crippen molar-refractivity contribution in [1.29, 1.82) is 0 Å². The predicted octanol–water partition coefficient (Wildman–Crippen LogP) is 2.43. The van der Waals surface area contributed by atoms with E-state index in [1.54, 1.807) is 29.7 Å². The molecule has 0 saturated carbocycles. The number of rotatable bonds is 5. The Morgan fingerprint density at radius 3 is 2.62 bits per heavy atom. The van der Waals surface area contributed by atoms with Gasteiger partial charge in [0.15, 0.2) is 5.96 Å². The summed E-state index contributed by atoms with van der Waals surface area (Å²) >= 11 is 3.47. The third-order valence-electron chi connectivity index (χ3n) is 2.94. The van der Waals surface area contributed by atoms with Gasteiger partial charge < -0.3 is 10.6 Å². The third kappa shape index (κ3) is 4.78. The average molecular weight is 323 g/mol. The number of hydrogen-bond acceptors (Lipinski definition) is 5. The second-order valence-electron chi connectivity index (χ2n) is 4.71. The molecule has 7 heteroatoms. The Morgan fingerprint density at radius 2 is 2.05 bits per heavy atom. The lowest BCUT2D eigenvalue weighted by Gasteiger charge is -2.10. The van der Waals surface area contributed by atoms with Crippen LogP contribution in [-0.2, 0) is 13.0 Å². The largest absolute Gasteiger partial charge is 0.356 e. The molecule has 0 aliphatic carbocycles. The van der Waals surface area contributed by atoms with E-state index in [4.69, 9.17) is 0 Å². The SMILES string of the molecule is CN=C(NCCc1sc(C)nc1C)NCc1ncc(C)s1. The number of thiazole rings is 2. The van der Waals surface area contributed by atoms with Crippen molar-refractivity contribution in [3.63, 3.8) is 0 Å². The molecule has 2 aromatic rings. The molecule has 0 bridgehead atoms. The quantitative estimate of drug-likeness (QED) is 0.655. The van der Waals surface area contributed by atoms with Gasteiger partial charge in [-0.3, -0.25) is 4.99 Å². The first-order valence-electron chi connectivity index (χ1n) is 6.87. The van der Waals surface area contributed by atoms with Gasteiger partial charge >= 0.3 is 0 Å². The highest BCUT2D eigenvalue weighted by molar-refractivity contribution is 7.11. The molecule has 0 spiro atoms. The van der Waals surface area contributed by atoms with E-state index >= 15 is 0 Å². The van der Waals surface area contributed by atoms with Gasteiger partial charge in [-0.05, 0) is 20.8 Å². The Morgan fingerprint density at radius 1 is 1.24 bits per heavy atom. The molecular weight excluding hydrogens is 302 g/mol. The fraction of sp³-hybridized carbons (Fsp3) is 0.500. The van der Waals surface area contributed by atoms with Gasteiger partial charge in [-0.25, -0.2) is 9.97 Å². The number of nitrogens with zero attached hydrogens (tertiary/aromatic N) is 3. The van der Waals surface area contributed by atoms with Crippen LogP contribution in [0, 0.1) is 20.8 Å². The van der Waals surface area contributed by atoms with Crippen LogP contribution in [-0.4, -0.2) is 29.5 Å². The molecule has 0 fully saturated rings. The van der Waals surface area contributed by atoms with E-state index in [1.807, 2.05) is 13.1 Å². The van der Waals surface area contributed by atoms with Crippen LogP contribution < -0.4 is 10.6 Å². The van der Waals surface area contributed by atoms with Crippen LogP contribution in [0.15, 0.2) is 11.2 Å². The van der Waals surface area contributed by atoms with E-state index in [-0.39, 0.29) is 0 Å². The van der Waals surface area contributed by atoms with Crippen LogP contribution in [0.5, 0.6) is 0 Å². The number of aryl methyl sites for hydroxylation is 3. The van der Waals surface area contributed by atoms with Crippen LogP contribution in [0.2, 0.25) is 0 Å². The highest BCUT2D eigenvalue weighted by atomic mass is 32.1. The normalized spacial score (nSPS) is 11.7. The van der Waals surface area contributed by atoms with Crippen LogP contribution in [0.3, 0.4) is 0 Å². The van der Waals surface area contributed by atoms with Gasteiger partial charge in [-0.2, -0.15) is 0 Å². The van der Waals surface area contributed by atoms with E-state index in [0.29, 0.717) is 6.54 Å². The average Bonchev–Trinajstić information content (AvgIpc) is 2.99. The Labute approximate surface area is 133 Å². The summed E-state index contributed by atoms with van der Waals surface area (Å²) in [4.78, 5) is 15.6. The van der Waals surface area contributed by atoms with Crippen molar-refractivity contribution in [2.45, 2.75) is 33.7 Å². The molecule has 2 aromatic heterocycles. The lowest BCUT2D eigenvalue weighted by atomic mass is 10.3. The van der Waals surface area contributed by atoms with Crippen molar-refractivity contribution in [2.24, 2.45) is 4.99 Å². The van der Waals surface area contributed by atoms with Crippen molar-refractivity contribution >= 4 is 28.6 Å². The number of aromatic nitrogens is 2. The molecular formula is C14H21N5S2. The zero-order chi connectivity index (χ0) is 15.2. The molecule has 0 radical (unpaired) electrons. The van der Waals surface area contributed by atoms with Crippen LogP contribution in [0.1, 0.15) is 25.5 Å². The molecule has 0 atom stereocenters. The first-order chi connectivity index (χ1) is 10.1. The molecule has 114 valence electrons. The molecule has 5 nitrogen and oxygen atoms in total. The fourth-order valence-electron chi connectivity index (χ4n) is 1.96. The topological polar surface area (TPSA) is 62.2 Å². The summed E-state index contributed by atoms with van der Waals surface area (Å²) in [5, 5.41) is 8.81. The maximum absolute atomic E-state index is 4.45. The first kappa shape index (κ1) is 15.9. The van der Waals surface area contributed by atoms with E-state index in [1.165, 1.54) is 9.75 Å². The zero-order valence-electron chi connectivity index (χ0n) is 12.9. The molecule has 2 heterocycles. The fourth-order valence-corrected chi connectivity index (χ4v) is 3.63.